The third-order valence-corrected chi connectivity index (χ3v) is 4.47. The Labute approximate surface area is 105 Å². The molecule has 0 aromatic heterocycles. The van der Waals surface area contributed by atoms with Crippen LogP contribution in [-0.2, 0) is 9.84 Å². The van der Waals surface area contributed by atoms with E-state index in [-0.39, 0.29) is 16.2 Å². The summed E-state index contributed by atoms with van der Waals surface area (Å²) in [5, 5.41) is -0.343. The van der Waals surface area contributed by atoms with E-state index in [1.165, 1.54) is 18.2 Å². The van der Waals surface area contributed by atoms with E-state index in [0.29, 0.717) is 5.56 Å². The predicted molar refractivity (Wildman–Crippen MR) is 63.4 cm³/mol. The van der Waals surface area contributed by atoms with E-state index in [4.69, 9.17) is 11.6 Å². The average molecular weight is 283 g/mol. The first kappa shape index (κ1) is 14.4. The molecule has 2 unspecified atom stereocenters. The Morgan fingerprint density at radius 1 is 1.18 bits per heavy atom. The Balaban J connectivity index is 3.36. The van der Waals surface area contributed by atoms with E-state index in [9.17, 15) is 17.2 Å². The van der Waals surface area contributed by atoms with Crippen molar-refractivity contribution in [1.29, 1.82) is 0 Å². The molecule has 2 nitrogen and oxygen atoms in total. The largest absolute Gasteiger partial charge is 0.341 e. The third kappa shape index (κ3) is 2.96. The first-order valence-corrected chi connectivity index (χ1v) is 7.01. The normalized spacial score (nSPS) is 15.9. The highest BCUT2D eigenvalue weighted by Crippen LogP contribution is 2.31. The highest BCUT2D eigenvalue weighted by Gasteiger charge is 2.30. The summed E-state index contributed by atoms with van der Waals surface area (Å²) in [6.07, 6.45) is 0. The molecule has 96 valence electrons. The number of hydrogen-bond donors (Lipinski definition) is 0. The fraction of sp³-hybridized carbons (Fsp3) is 0.455. The van der Waals surface area contributed by atoms with Crippen LogP contribution in [0.4, 0.5) is 8.78 Å². The molecule has 0 saturated heterocycles. The third-order valence-electron chi connectivity index (χ3n) is 2.64. The Bertz CT molecular complexity index is 486. The predicted octanol–water partition coefficient (Wildman–Crippen LogP) is 3.41. The van der Waals surface area contributed by atoms with Gasteiger partial charge in [0.15, 0.2) is 0 Å². The molecule has 0 spiro atoms. The lowest BCUT2D eigenvalue weighted by Crippen LogP contribution is -2.16. The van der Waals surface area contributed by atoms with E-state index < -0.39 is 15.6 Å². The van der Waals surface area contributed by atoms with Gasteiger partial charge < -0.3 is 0 Å². The summed E-state index contributed by atoms with van der Waals surface area (Å²) >= 11 is 5.88. The molecule has 0 radical (unpaired) electrons. The van der Waals surface area contributed by atoms with Crippen molar-refractivity contribution < 1.29 is 17.2 Å². The van der Waals surface area contributed by atoms with E-state index >= 15 is 0 Å². The molecular weight excluding hydrogens is 270 g/mol. The second-order valence-electron chi connectivity index (χ2n) is 3.81. The van der Waals surface area contributed by atoms with Crippen LogP contribution in [-0.4, -0.2) is 19.6 Å². The van der Waals surface area contributed by atoms with Crippen LogP contribution >= 0.6 is 11.6 Å². The van der Waals surface area contributed by atoms with Gasteiger partial charge >= 0.3 is 5.76 Å². The number of sulfone groups is 1. The van der Waals surface area contributed by atoms with Crippen LogP contribution in [0.15, 0.2) is 29.2 Å². The highest BCUT2D eigenvalue weighted by atomic mass is 35.5. The van der Waals surface area contributed by atoms with Gasteiger partial charge in [-0.15, -0.1) is 11.6 Å². The minimum absolute atomic E-state index is 0.318. The van der Waals surface area contributed by atoms with Crippen molar-refractivity contribution in [3.63, 3.8) is 0 Å². The van der Waals surface area contributed by atoms with E-state index in [0.717, 1.165) is 0 Å². The number of rotatable bonds is 4. The first-order valence-electron chi connectivity index (χ1n) is 5.03. The molecule has 0 saturated carbocycles. The van der Waals surface area contributed by atoms with Crippen LogP contribution in [0.3, 0.4) is 0 Å². The summed E-state index contributed by atoms with van der Waals surface area (Å²) in [4.78, 5) is -0.338. The minimum Gasteiger partial charge on any atom is -0.218 e. The number of halogens is 3. The van der Waals surface area contributed by atoms with Crippen molar-refractivity contribution in [3.8, 4) is 0 Å². The zero-order valence-electron chi connectivity index (χ0n) is 9.40. The van der Waals surface area contributed by atoms with Gasteiger partial charge in [-0.3, -0.25) is 0 Å². The number of hydrogen-bond acceptors (Lipinski definition) is 2. The van der Waals surface area contributed by atoms with Crippen LogP contribution in [0.1, 0.15) is 25.3 Å². The van der Waals surface area contributed by atoms with Gasteiger partial charge in [0, 0.05) is 5.38 Å². The van der Waals surface area contributed by atoms with Crippen LogP contribution in [0.2, 0.25) is 0 Å². The van der Waals surface area contributed by atoms with Crippen molar-refractivity contribution in [2.75, 3.05) is 0 Å². The van der Waals surface area contributed by atoms with E-state index in [1.807, 2.05) is 0 Å². The molecule has 0 aliphatic heterocycles. The summed E-state index contributed by atoms with van der Waals surface area (Å²) in [6, 6.07) is 5.73. The smallest absolute Gasteiger partial charge is 0.218 e. The molecule has 0 amide bonds. The van der Waals surface area contributed by atoms with Crippen LogP contribution in [0, 0.1) is 0 Å². The summed E-state index contributed by atoms with van der Waals surface area (Å²) in [5.74, 6) is -3.73. The Morgan fingerprint density at radius 3 is 2.18 bits per heavy atom. The summed E-state index contributed by atoms with van der Waals surface area (Å²) < 4.78 is 48.0. The van der Waals surface area contributed by atoms with Crippen molar-refractivity contribution in [2.45, 2.75) is 35.8 Å². The lowest BCUT2D eigenvalue weighted by molar-refractivity contribution is 0.234. The highest BCUT2D eigenvalue weighted by molar-refractivity contribution is 7.91. The van der Waals surface area contributed by atoms with Crippen LogP contribution < -0.4 is 0 Å². The van der Waals surface area contributed by atoms with Crippen molar-refractivity contribution in [2.24, 2.45) is 0 Å². The maximum atomic E-state index is 12.5. The van der Waals surface area contributed by atoms with Crippen LogP contribution in [0.5, 0.6) is 0 Å². The molecule has 0 fully saturated rings. The topological polar surface area (TPSA) is 34.1 Å². The second-order valence-corrected chi connectivity index (χ2v) is 6.38. The Hall–Kier alpha value is -0.680. The molecule has 2 atom stereocenters. The van der Waals surface area contributed by atoms with Gasteiger partial charge in [-0.2, -0.15) is 8.78 Å². The molecular formula is C11H13ClF2O2S. The monoisotopic (exact) mass is 282 g/mol. The average Bonchev–Trinajstić information content (AvgIpc) is 2.27. The summed E-state index contributed by atoms with van der Waals surface area (Å²) in [6.45, 7) is 3.40. The standard InChI is InChI=1S/C11H13ClF2O2S/c1-7(8(2)12)9-5-3-4-6-10(9)17(15,16)11(13)14/h3-8,11H,1-2H3. The van der Waals surface area contributed by atoms with Gasteiger partial charge in [-0.1, -0.05) is 25.1 Å². The molecule has 0 aliphatic carbocycles. The lowest BCUT2D eigenvalue weighted by Gasteiger charge is -2.18. The van der Waals surface area contributed by atoms with Crippen LogP contribution in [0.25, 0.3) is 0 Å². The first-order chi connectivity index (χ1) is 7.78. The zero-order valence-corrected chi connectivity index (χ0v) is 11.0. The maximum absolute atomic E-state index is 12.5. The fourth-order valence-corrected chi connectivity index (χ4v) is 2.64. The molecule has 0 aliphatic rings. The van der Waals surface area contributed by atoms with Gasteiger partial charge in [0.1, 0.15) is 0 Å². The summed E-state index contributed by atoms with van der Waals surface area (Å²) in [7, 11) is -4.58. The minimum atomic E-state index is -4.58. The van der Waals surface area contributed by atoms with Gasteiger partial charge in [0.25, 0.3) is 0 Å². The Morgan fingerprint density at radius 2 is 1.71 bits per heavy atom. The molecule has 17 heavy (non-hydrogen) atoms. The van der Waals surface area contributed by atoms with Gasteiger partial charge in [-0.25, -0.2) is 8.42 Å². The SMILES string of the molecule is CC(Cl)C(C)c1ccccc1S(=O)(=O)C(F)F. The molecule has 0 bridgehead atoms. The maximum Gasteiger partial charge on any atom is 0.341 e. The quantitative estimate of drug-likeness (QED) is 0.793. The second kappa shape index (κ2) is 5.31. The van der Waals surface area contributed by atoms with Crippen molar-refractivity contribution in [3.05, 3.63) is 29.8 Å². The molecule has 0 heterocycles. The van der Waals surface area contributed by atoms with Crippen molar-refractivity contribution in [1.82, 2.24) is 0 Å². The Kier molecular flexibility index (Phi) is 4.49. The van der Waals surface area contributed by atoms with E-state index in [2.05, 4.69) is 0 Å². The number of benzene rings is 1. The van der Waals surface area contributed by atoms with Gasteiger partial charge in [0.2, 0.25) is 9.84 Å². The van der Waals surface area contributed by atoms with Gasteiger partial charge in [-0.05, 0) is 24.5 Å². The molecule has 0 N–H and O–H groups in total. The lowest BCUT2D eigenvalue weighted by atomic mass is 9.98. The van der Waals surface area contributed by atoms with Gasteiger partial charge in [0.05, 0.1) is 4.90 Å². The summed E-state index contributed by atoms with van der Waals surface area (Å²) in [5.41, 5.74) is 0.329. The van der Waals surface area contributed by atoms with Crippen molar-refractivity contribution >= 4 is 21.4 Å². The molecule has 1 aromatic carbocycles. The molecule has 1 aromatic rings. The number of alkyl halides is 3. The van der Waals surface area contributed by atoms with E-state index in [1.54, 1.807) is 19.9 Å². The molecule has 6 heteroatoms. The zero-order chi connectivity index (χ0) is 13.2. The fourth-order valence-electron chi connectivity index (χ4n) is 1.46. The molecule has 1 rings (SSSR count).